The predicted molar refractivity (Wildman–Crippen MR) is 160 cm³/mol. The third kappa shape index (κ3) is 18.2. The number of hydrogen-bond acceptors (Lipinski definition) is 11. The van der Waals surface area contributed by atoms with Gasteiger partial charge in [0.15, 0.2) is 0 Å². The monoisotopic (exact) mass is 656 g/mol. The highest BCUT2D eigenvalue weighted by molar-refractivity contribution is 7.80. The van der Waals surface area contributed by atoms with Crippen LogP contribution in [0.25, 0.3) is 0 Å². The van der Waals surface area contributed by atoms with Gasteiger partial charge in [0.25, 0.3) is 0 Å². The van der Waals surface area contributed by atoms with E-state index >= 15 is 0 Å². The molecule has 17 heteroatoms. The van der Waals surface area contributed by atoms with E-state index in [1.807, 2.05) is 0 Å². The number of nitrogens with one attached hydrogen (secondary N) is 4. The molecule has 3 atom stereocenters. The maximum absolute atomic E-state index is 13.2. The van der Waals surface area contributed by atoms with Crippen molar-refractivity contribution in [3.05, 3.63) is 35.9 Å². The van der Waals surface area contributed by atoms with Crippen molar-refractivity contribution in [2.45, 2.75) is 57.3 Å². The van der Waals surface area contributed by atoms with Crippen LogP contribution in [0.2, 0.25) is 0 Å². The molecule has 0 bridgehead atoms. The molecule has 0 aromatic heterocycles. The van der Waals surface area contributed by atoms with Crippen LogP contribution in [-0.4, -0.2) is 109 Å². The number of carbonyl (C=O) groups is 7. The molecule has 1 rings (SSSR count). The van der Waals surface area contributed by atoms with Crippen molar-refractivity contribution in [3.8, 4) is 0 Å². The number of benzene rings is 1. The lowest BCUT2D eigenvalue weighted by atomic mass is 10.1. The summed E-state index contributed by atoms with van der Waals surface area (Å²) in [5.41, 5.74) is 0.704. The van der Waals surface area contributed by atoms with E-state index in [9.17, 15) is 38.7 Å². The Morgan fingerprint density at radius 3 is 1.89 bits per heavy atom. The van der Waals surface area contributed by atoms with Crippen LogP contribution >= 0.6 is 12.6 Å². The lowest BCUT2D eigenvalue weighted by Gasteiger charge is -2.24. The Labute approximate surface area is 265 Å². The summed E-state index contributed by atoms with van der Waals surface area (Å²) in [5.74, 6) is -6.66. The van der Waals surface area contributed by atoms with E-state index in [1.54, 1.807) is 30.3 Å². The van der Waals surface area contributed by atoms with Crippen LogP contribution in [0.5, 0.6) is 0 Å². The van der Waals surface area contributed by atoms with Gasteiger partial charge in [-0.15, -0.1) is 0 Å². The Morgan fingerprint density at radius 1 is 0.756 bits per heavy atom. The van der Waals surface area contributed by atoms with Gasteiger partial charge in [-0.3, -0.25) is 33.6 Å². The van der Waals surface area contributed by atoms with Crippen molar-refractivity contribution in [2.24, 2.45) is 0 Å². The molecule has 45 heavy (non-hydrogen) atoms. The van der Waals surface area contributed by atoms with Crippen LogP contribution in [0.1, 0.15) is 38.2 Å². The molecule has 0 saturated carbocycles. The van der Waals surface area contributed by atoms with Gasteiger partial charge in [-0.25, -0.2) is 0 Å². The summed E-state index contributed by atoms with van der Waals surface area (Å²) >= 11 is 4.01. The maximum Gasteiger partial charge on any atom is 0.306 e. The summed E-state index contributed by atoms with van der Waals surface area (Å²) in [6, 6.07) is 4.05. The molecule has 6 N–H and O–H groups in total. The van der Waals surface area contributed by atoms with Crippen molar-refractivity contribution >= 4 is 54.2 Å². The van der Waals surface area contributed by atoms with Gasteiger partial charge in [0.2, 0.25) is 23.6 Å². The number of carbonyl (C=O) groups excluding carboxylic acids is 5. The quantitative estimate of drug-likeness (QED) is 0.0427. The van der Waals surface area contributed by atoms with E-state index in [4.69, 9.17) is 19.3 Å². The molecular weight excluding hydrogens is 616 g/mol. The Bertz CT molecular complexity index is 1120. The van der Waals surface area contributed by atoms with Crippen LogP contribution in [0, 0.1) is 0 Å². The summed E-state index contributed by atoms with van der Waals surface area (Å²) in [6.07, 6.45) is -2.38. The van der Waals surface area contributed by atoms with Crippen LogP contribution in [0.4, 0.5) is 0 Å². The molecule has 0 unspecified atom stereocenters. The second kappa shape index (κ2) is 22.3. The number of aliphatic carboxylic acids is 2. The maximum atomic E-state index is 13.2. The van der Waals surface area contributed by atoms with Gasteiger partial charge in [-0.1, -0.05) is 30.3 Å². The molecule has 1 aromatic rings. The molecule has 0 heterocycles. The number of thiol groups is 1. The summed E-state index contributed by atoms with van der Waals surface area (Å²) in [7, 11) is 0. The first-order valence-corrected chi connectivity index (χ1v) is 14.6. The van der Waals surface area contributed by atoms with Gasteiger partial charge in [0, 0.05) is 25.6 Å². The first-order chi connectivity index (χ1) is 21.4. The Morgan fingerprint density at radius 2 is 1.31 bits per heavy atom. The standard InChI is InChI=1S/C28H40N4O12S/c1-18(33)30-22(16-24(36)37)28(41)31-20(7-8-25(38)44-17-19-5-3-2-4-6-19)27(40)32-21(15-23(34)35)26(39)29-9-10-42-11-12-43-13-14-45/h2-6,20-22,45H,7-17H2,1H3,(H,29,39)(H,30,33)(H,31,41)(H,32,40)(H,34,35)(H,36,37)/t20-,21+,22+/m1/s1. The third-order valence-electron chi connectivity index (χ3n) is 5.75. The van der Waals surface area contributed by atoms with Crippen molar-refractivity contribution in [2.75, 3.05) is 38.7 Å². The van der Waals surface area contributed by atoms with E-state index in [1.165, 1.54) is 0 Å². The van der Waals surface area contributed by atoms with E-state index in [2.05, 4.69) is 33.9 Å². The van der Waals surface area contributed by atoms with E-state index in [-0.39, 0.29) is 39.2 Å². The van der Waals surface area contributed by atoms with Crippen molar-refractivity contribution in [1.82, 2.24) is 21.3 Å². The minimum Gasteiger partial charge on any atom is -0.481 e. The average Bonchev–Trinajstić information content (AvgIpc) is 2.98. The molecule has 0 fully saturated rings. The highest BCUT2D eigenvalue weighted by Gasteiger charge is 2.31. The number of amides is 4. The molecule has 1 aromatic carbocycles. The smallest absolute Gasteiger partial charge is 0.306 e. The second-order valence-electron chi connectivity index (χ2n) is 9.50. The predicted octanol–water partition coefficient (Wildman–Crippen LogP) is -0.987. The fourth-order valence-corrected chi connectivity index (χ4v) is 3.78. The summed E-state index contributed by atoms with van der Waals surface area (Å²) in [4.78, 5) is 85.5. The molecule has 250 valence electrons. The molecule has 16 nitrogen and oxygen atoms in total. The van der Waals surface area contributed by atoms with Crippen molar-refractivity contribution in [3.63, 3.8) is 0 Å². The van der Waals surface area contributed by atoms with Crippen molar-refractivity contribution < 1.29 is 58.0 Å². The fourth-order valence-electron chi connectivity index (χ4n) is 3.66. The number of ether oxygens (including phenoxy) is 3. The molecular formula is C28H40N4O12S. The van der Waals surface area contributed by atoms with Gasteiger partial charge in [-0.05, 0) is 12.0 Å². The van der Waals surface area contributed by atoms with Gasteiger partial charge in [0.05, 0.1) is 39.3 Å². The molecule has 0 aliphatic heterocycles. The normalized spacial score (nSPS) is 12.6. The van der Waals surface area contributed by atoms with Gasteiger partial charge < -0.3 is 45.7 Å². The highest BCUT2D eigenvalue weighted by atomic mass is 32.1. The fraction of sp³-hybridized carbons (Fsp3) is 0.536. The first-order valence-electron chi connectivity index (χ1n) is 14.0. The number of carboxylic acid groups (broad SMARTS) is 2. The van der Waals surface area contributed by atoms with Gasteiger partial charge in [-0.2, -0.15) is 12.6 Å². The Kier molecular flexibility index (Phi) is 19.2. The number of carboxylic acids is 2. The lowest BCUT2D eigenvalue weighted by molar-refractivity contribution is -0.145. The molecule has 4 amide bonds. The summed E-state index contributed by atoms with van der Waals surface area (Å²) in [5, 5.41) is 27.6. The van der Waals surface area contributed by atoms with Crippen LogP contribution < -0.4 is 21.3 Å². The summed E-state index contributed by atoms with van der Waals surface area (Å²) in [6.45, 7) is 2.07. The third-order valence-corrected chi connectivity index (χ3v) is 5.93. The second-order valence-corrected chi connectivity index (χ2v) is 9.94. The molecule has 0 aliphatic carbocycles. The minimum absolute atomic E-state index is 0.0155. The van der Waals surface area contributed by atoms with E-state index in [0.29, 0.717) is 24.5 Å². The minimum atomic E-state index is -1.58. The van der Waals surface area contributed by atoms with E-state index in [0.717, 1.165) is 6.92 Å². The largest absolute Gasteiger partial charge is 0.481 e. The van der Waals surface area contributed by atoms with Gasteiger partial charge in [0.1, 0.15) is 24.7 Å². The van der Waals surface area contributed by atoms with Gasteiger partial charge >= 0.3 is 17.9 Å². The van der Waals surface area contributed by atoms with E-state index < -0.39 is 72.5 Å². The molecule has 0 aliphatic rings. The molecule has 0 saturated heterocycles. The zero-order chi connectivity index (χ0) is 33.6. The van der Waals surface area contributed by atoms with Crippen LogP contribution in [0.15, 0.2) is 30.3 Å². The SMILES string of the molecule is CC(=O)N[C@@H](CC(=O)O)C(=O)N[C@H](CCC(=O)OCc1ccccc1)C(=O)N[C@@H](CC(=O)O)C(=O)NCCOCCOCCS. The zero-order valence-corrected chi connectivity index (χ0v) is 25.7. The highest BCUT2D eigenvalue weighted by Crippen LogP contribution is 2.07. The molecule has 0 radical (unpaired) electrons. The van der Waals surface area contributed by atoms with Crippen molar-refractivity contribution in [1.29, 1.82) is 0 Å². The van der Waals surface area contributed by atoms with Crippen LogP contribution in [-0.2, 0) is 54.4 Å². The summed E-state index contributed by atoms with van der Waals surface area (Å²) < 4.78 is 15.7. The zero-order valence-electron chi connectivity index (χ0n) is 24.8. The molecule has 0 spiro atoms. The Hall–Kier alpha value is -4.22. The topological polar surface area (TPSA) is 236 Å². The Balaban J connectivity index is 2.94. The van der Waals surface area contributed by atoms with Crippen LogP contribution in [0.3, 0.4) is 0 Å². The number of esters is 1. The number of hydrogen-bond donors (Lipinski definition) is 7. The first kappa shape index (κ1) is 38.8. The number of rotatable bonds is 23. The average molecular weight is 657 g/mol. The lowest BCUT2D eigenvalue weighted by Crippen LogP contribution is -2.57.